The minimum absolute atomic E-state index is 0.177. The maximum absolute atomic E-state index is 14.2. The summed E-state index contributed by atoms with van der Waals surface area (Å²) in [7, 11) is 0. The molecule has 0 heterocycles. The summed E-state index contributed by atoms with van der Waals surface area (Å²) in [5.41, 5.74) is 0.649. The molecule has 0 radical (unpaired) electrons. The standard InChI is InChI=1S/C29H45N3O4/c1-10-14-19-30-26(33)25(23-17-15-22(13-4)16-18-23)32(21(6)12-3)27(34)24(20(5)11-2)31-28(35)36-29(7,8)9/h4,15-18,20-21,24-25H,10-12,14,19H2,1-3,5-9H3,(H,30,33)(H,31,35). The summed E-state index contributed by atoms with van der Waals surface area (Å²) in [6.07, 6.45) is 7.93. The Morgan fingerprint density at radius 1 is 1.06 bits per heavy atom. The predicted molar refractivity (Wildman–Crippen MR) is 144 cm³/mol. The molecule has 4 atom stereocenters. The van der Waals surface area contributed by atoms with Gasteiger partial charge in [-0.25, -0.2) is 4.79 Å². The lowest BCUT2D eigenvalue weighted by atomic mass is 9.94. The van der Waals surface area contributed by atoms with Gasteiger partial charge < -0.3 is 20.3 Å². The van der Waals surface area contributed by atoms with E-state index in [0.29, 0.717) is 30.5 Å². The van der Waals surface area contributed by atoms with E-state index >= 15 is 0 Å². The molecular formula is C29H45N3O4. The molecule has 7 nitrogen and oxygen atoms in total. The van der Waals surface area contributed by atoms with Gasteiger partial charge in [0.25, 0.3) is 0 Å². The van der Waals surface area contributed by atoms with Crippen molar-refractivity contribution >= 4 is 17.9 Å². The van der Waals surface area contributed by atoms with Gasteiger partial charge in [0.2, 0.25) is 11.8 Å². The van der Waals surface area contributed by atoms with E-state index in [2.05, 4.69) is 23.5 Å². The van der Waals surface area contributed by atoms with Gasteiger partial charge in [-0.15, -0.1) is 6.42 Å². The lowest BCUT2D eigenvalue weighted by molar-refractivity contribution is -0.146. The second-order valence-electron chi connectivity index (χ2n) is 10.3. The first-order valence-electron chi connectivity index (χ1n) is 13.1. The highest BCUT2D eigenvalue weighted by Crippen LogP contribution is 2.28. The molecule has 36 heavy (non-hydrogen) atoms. The fourth-order valence-corrected chi connectivity index (χ4v) is 3.76. The smallest absolute Gasteiger partial charge is 0.408 e. The molecule has 7 heteroatoms. The molecule has 0 spiro atoms. The summed E-state index contributed by atoms with van der Waals surface area (Å²) >= 11 is 0. The summed E-state index contributed by atoms with van der Waals surface area (Å²) in [4.78, 5) is 42.0. The molecule has 0 saturated heterocycles. The number of nitrogens with one attached hydrogen (secondary N) is 2. The average molecular weight is 500 g/mol. The minimum atomic E-state index is -0.872. The minimum Gasteiger partial charge on any atom is -0.444 e. The lowest BCUT2D eigenvalue weighted by Crippen LogP contribution is -2.57. The van der Waals surface area contributed by atoms with Crippen LogP contribution in [0.1, 0.15) is 98.2 Å². The third kappa shape index (κ3) is 9.22. The largest absolute Gasteiger partial charge is 0.444 e. The van der Waals surface area contributed by atoms with Crippen molar-refractivity contribution in [3.05, 3.63) is 35.4 Å². The van der Waals surface area contributed by atoms with Crippen LogP contribution < -0.4 is 10.6 Å². The van der Waals surface area contributed by atoms with E-state index in [1.807, 2.05) is 27.7 Å². The van der Waals surface area contributed by atoms with Crippen LogP contribution in [0.2, 0.25) is 0 Å². The van der Waals surface area contributed by atoms with Gasteiger partial charge in [0.05, 0.1) is 0 Å². The van der Waals surface area contributed by atoms with Crippen molar-refractivity contribution in [1.29, 1.82) is 0 Å². The van der Waals surface area contributed by atoms with Crippen molar-refractivity contribution in [3.63, 3.8) is 0 Å². The van der Waals surface area contributed by atoms with Gasteiger partial charge >= 0.3 is 6.09 Å². The first-order chi connectivity index (χ1) is 16.9. The summed E-state index contributed by atoms with van der Waals surface area (Å²) in [5.74, 6) is 1.83. The third-order valence-corrected chi connectivity index (χ3v) is 6.22. The van der Waals surface area contributed by atoms with Gasteiger partial charge in [0.15, 0.2) is 0 Å². The van der Waals surface area contributed by atoms with Crippen LogP contribution in [-0.2, 0) is 14.3 Å². The number of terminal acetylenes is 1. The number of amides is 3. The Hall–Kier alpha value is -3.01. The Morgan fingerprint density at radius 3 is 2.14 bits per heavy atom. The predicted octanol–water partition coefficient (Wildman–Crippen LogP) is 5.19. The van der Waals surface area contributed by atoms with Crippen LogP contribution in [0.5, 0.6) is 0 Å². The van der Waals surface area contributed by atoms with E-state index in [9.17, 15) is 14.4 Å². The van der Waals surface area contributed by atoms with Gasteiger partial charge in [0.1, 0.15) is 17.7 Å². The molecule has 0 aliphatic carbocycles. The number of benzene rings is 1. The highest BCUT2D eigenvalue weighted by Gasteiger charge is 2.39. The first kappa shape index (κ1) is 31.0. The normalized spacial score (nSPS) is 14.5. The average Bonchev–Trinajstić information content (AvgIpc) is 2.83. The molecule has 0 bridgehead atoms. The topological polar surface area (TPSA) is 87.7 Å². The SMILES string of the molecule is C#Cc1ccc(C(C(=O)NCCCC)N(C(=O)C(NC(=O)OC(C)(C)C)C(C)CC)C(C)CC)cc1. The monoisotopic (exact) mass is 499 g/mol. The van der Waals surface area contributed by atoms with Crippen molar-refractivity contribution in [2.75, 3.05) is 6.54 Å². The number of hydrogen-bond acceptors (Lipinski definition) is 4. The Kier molecular flexibility index (Phi) is 12.5. The van der Waals surface area contributed by atoms with Crippen molar-refractivity contribution < 1.29 is 19.1 Å². The van der Waals surface area contributed by atoms with E-state index in [1.165, 1.54) is 0 Å². The fraction of sp³-hybridized carbons (Fsp3) is 0.621. The van der Waals surface area contributed by atoms with Gasteiger partial charge in [-0.05, 0) is 64.2 Å². The molecule has 3 amide bonds. The van der Waals surface area contributed by atoms with Crippen LogP contribution >= 0.6 is 0 Å². The van der Waals surface area contributed by atoms with Gasteiger partial charge in [0, 0.05) is 18.2 Å². The van der Waals surface area contributed by atoms with Gasteiger partial charge in [-0.3, -0.25) is 9.59 Å². The van der Waals surface area contributed by atoms with Gasteiger partial charge in [-0.1, -0.05) is 58.6 Å². The third-order valence-electron chi connectivity index (χ3n) is 6.22. The lowest BCUT2D eigenvalue weighted by Gasteiger charge is -2.39. The number of hydrogen-bond donors (Lipinski definition) is 2. The molecule has 2 N–H and O–H groups in total. The Labute approximate surface area is 217 Å². The van der Waals surface area contributed by atoms with Crippen molar-refractivity contribution in [3.8, 4) is 12.3 Å². The number of ether oxygens (including phenoxy) is 1. The maximum atomic E-state index is 14.2. The van der Waals surface area contributed by atoms with Crippen LogP contribution in [-0.4, -0.2) is 47.0 Å². The number of carbonyl (C=O) groups is 3. The quantitative estimate of drug-likeness (QED) is 0.306. The first-order valence-corrected chi connectivity index (χ1v) is 13.1. The van der Waals surface area contributed by atoms with Crippen LogP contribution in [0.15, 0.2) is 24.3 Å². The Morgan fingerprint density at radius 2 is 1.67 bits per heavy atom. The van der Waals surface area contributed by atoms with Gasteiger partial charge in [-0.2, -0.15) is 0 Å². The molecular weight excluding hydrogens is 454 g/mol. The molecule has 200 valence electrons. The van der Waals surface area contributed by atoms with Crippen molar-refractivity contribution in [2.45, 2.75) is 105 Å². The molecule has 0 saturated carbocycles. The summed E-state index contributed by atoms with van der Waals surface area (Å²) in [6.45, 7) is 15.6. The number of carbonyl (C=O) groups excluding carboxylic acids is 3. The van der Waals surface area contributed by atoms with Crippen LogP contribution in [0.3, 0.4) is 0 Å². The van der Waals surface area contributed by atoms with Crippen LogP contribution in [0.4, 0.5) is 4.79 Å². The van der Waals surface area contributed by atoms with E-state index in [0.717, 1.165) is 12.8 Å². The second-order valence-corrected chi connectivity index (χ2v) is 10.3. The Balaban J connectivity index is 3.53. The summed E-state index contributed by atoms with van der Waals surface area (Å²) in [6, 6.07) is 5.14. The van der Waals surface area contributed by atoms with Crippen LogP contribution in [0.25, 0.3) is 0 Å². The second kappa shape index (κ2) is 14.5. The number of nitrogens with zero attached hydrogens (tertiary/aromatic N) is 1. The maximum Gasteiger partial charge on any atom is 0.408 e. The highest BCUT2D eigenvalue weighted by molar-refractivity contribution is 5.92. The number of unbranched alkanes of at least 4 members (excludes halogenated alkanes) is 1. The Bertz CT molecular complexity index is 899. The van der Waals surface area contributed by atoms with E-state index in [4.69, 9.17) is 11.2 Å². The molecule has 4 unspecified atom stereocenters. The van der Waals surface area contributed by atoms with Crippen LogP contribution in [0, 0.1) is 18.3 Å². The zero-order chi connectivity index (χ0) is 27.5. The summed E-state index contributed by atoms with van der Waals surface area (Å²) in [5, 5.41) is 5.78. The number of alkyl carbamates (subject to hydrolysis) is 1. The zero-order valence-corrected chi connectivity index (χ0v) is 23.3. The van der Waals surface area contributed by atoms with Crippen molar-refractivity contribution in [1.82, 2.24) is 15.5 Å². The molecule has 0 fully saturated rings. The molecule has 1 rings (SSSR count). The van der Waals surface area contributed by atoms with E-state index in [-0.39, 0.29) is 23.8 Å². The molecule has 1 aromatic rings. The summed E-state index contributed by atoms with van der Waals surface area (Å²) < 4.78 is 5.44. The zero-order valence-electron chi connectivity index (χ0n) is 23.3. The highest BCUT2D eigenvalue weighted by atomic mass is 16.6. The molecule has 0 aliphatic rings. The molecule has 1 aromatic carbocycles. The fourth-order valence-electron chi connectivity index (χ4n) is 3.76. The molecule has 0 aliphatic heterocycles. The molecule has 0 aromatic heterocycles. The van der Waals surface area contributed by atoms with Crippen molar-refractivity contribution in [2.24, 2.45) is 5.92 Å². The number of rotatable bonds is 12. The van der Waals surface area contributed by atoms with E-state index < -0.39 is 23.8 Å². The van der Waals surface area contributed by atoms with E-state index in [1.54, 1.807) is 49.9 Å².